The van der Waals surface area contributed by atoms with Gasteiger partial charge in [-0.3, -0.25) is 9.59 Å². The van der Waals surface area contributed by atoms with Gasteiger partial charge in [0.1, 0.15) is 11.5 Å². The third kappa shape index (κ3) is 5.15. The molecule has 0 atom stereocenters. The van der Waals surface area contributed by atoms with Crippen molar-refractivity contribution in [1.82, 2.24) is 19.9 Å². The molecule has 10 heteroatoms. The largest absolute Gasteiger partial charge is 0.481 e. The first-order valence-corrected chi connectivity index (χ1v) is 13.4. The van der Waals surface area contributed by atoms with Crippen molar-refractivity contribution < 1.29 is 14.7 Å². The van der Waals surface area contributed by atoms with Crippen LogP contribution < -0.4 is 9.80 Å². The fourth-order valence-electron chi connectivity index (χ4n) is 5.39. The number of nitrogens with zero attached hydrogens (tertiary/aromatic N) is 6. The average molecular weight is 549 g/mol. The Morgan fingerprint density at radius 1 is 1.03 bits per heavy atom. The number of carbonyl (C=O) groups is 2. The van der Waals surface area contributed by atoms with Gasteiger partial charge in [-0.05, 0) is 50.1 Å². The third-order valence-electron chi connectivity index (χ3n) is 7.53. The number of aryl methyl sites for hydroxylation is 1. The summed E-state index contributed by atoms with van der Waals surface area (Å²) in [6.45, 7) is 12.6. The summed E-state index contributed by atoms with van der Waals surface area (Å²) in [5.74, 6) is 0.480. The number of carboxylic acid groups (broad SMARTS) is 1. The van der Waals surface area contributed by atoms with Crippen molar-refractivity contribution in [2.75, 3.05) is 36.0 Å². The van der Waals surface area contributed by atoms with Gasteiger partial charge >= 0.3 is 5.97 Å². The number of amides is 1. The SMILES string of the molecule is Cc1ccc(N2CC(C)(C)c3nc(C(=O)N4CCN(c5ccc(CC(=O)O)cn5)CC4(C)C)cnc32)cc1Cl. The number of pyridine rings is 1. The molecule has 204 valence electrons. The molecule has 2 aliphatic heterocycles. The van der Waals surface area contributed by atoms with Gasteiger partial charge in [0, 0.05) is 48.5 Å². The van der Waals surface area contributed by atoms with Crippen LogP contribution in [0.5, 0.6) is 0 Å². The molecular formula is C29H33ClN6O3. The molecule has 0 aliphatic carbocycles. The number of aliphatic carboxylic acids is 1. The fraction of sp³-hybridized carbons (Fsp3) is 0.414. The zero-order valence-corrected chi connectivity index (χ0v) is 23.7. The lowest BCUT2D eigenvalue weighted by atomic mass is 9.92. The summed E-state index contributed by atoms with van der Waals surface area (Å²) in [4.78, 5) is 44.9. The number of hydrogen-bond donors (Lipinski definition) is 1. The highest BCUT2D eigenvalue weighted by molar-refractivity contribution is 6.31. The van der Waals surface area contributed by atoms with Gasteiger partial charge in [-0.25, -0.2) is 15.0 Å². The summed E-state index contributed by atoms with van der Waals surface area (Å²) in [5.41, 5.74) is 2.96. The van der Waals surface area contributed by atoms with Gasteiger partial charge in [0.25, 0.3) is 5.91 Å². The number of carbonyl (C=O) groups excluding carboxylic acids is 1. The predicted octanol–water partition coefficient (Wildman–Crippen LogP) is 4.63. The molecular weight excluding hydrogens is 516 g/mol. The Balaban J connectivity index is 1.36. The Kier molecular flexibility index (Phi) is 6.74. The smallest absolute Gasteiger partial charge is 0.307 e. The van der Waals surface area contributed by atoms with Crippen molar-refractivity contribution in [2.45, 2.75) is 52.0 Å². The normalized spacial score (nSPS) is 17.7. The van der Waals surface area contributed by atoms with Crippen LogP contribution in [0, 0.1) is 6.92 Å². The maximum absolute atomic E-state index is 13.8. The Morgan fingerprint density at radius 3 is 2.44 bits per heavy atom. The number of aromatic nitrogens is 3. The number of carboxylic acids is 1. The maximum atomic E-state index is 13.8. The number of benzene rings is 1. The van der Waals surface area contributed by atoms with Crippen LogP contribution >= 0.6 is 11.6 Å². The van der Waals surface area contributed by atoms with Crippen LogP contribution in [0.3, 0.4) is 0 Å². The molecule has 1 aromatic carbocycles. The van der Waals surface area contributed by atoms with Crippen LogP contribution in [0.1, 0.15) is 55.0 Å². The highest BCUT2D eigenvalue weighted by Gasteiger charge is 2.42. The van der Waals surface area contributed by atoms with E-state index >= 15 is 0 Å². The summed E-state index contributed by atoms with van der Waals surface area (Å²) >= 11 is 6.40. The van der Waals surface area contributed by atoms with E-state index in [0.717, 1.165) is 28.6 Å². The number of anilines is 3. The lowest BCUT2D eigenvalue weighted by Crippen LogP contribution is -2.61. The first kappa shape index (κ1) is 26.9. The molecule has 0 radical (unpaired) electrons. The van der Waals surface area contributed by atoms with E-state index in [9.17, 15) is 9.59 Å². The molecule has 39 heavy (non-hydrogen) atoms. The van der Waals surface area contributed by atoms with E-state index < -0.39 is 11.5 Å². The Morgan fingerprint density at radius 2 is 1.79 bits per heavy atom. The molecule has 4 heterocycles. The molecule has 1 saturated heterocycles. The topological polar surface area (TPSA) is 103 Å². The molecule has 9 nitrogen and oxygen atoms in total. The van der Waals surface area contributed by atoms with E-state index in [-0.39, 0.29) is 17.7 Å². The first-order chi connectivity index (χ1) is 18.4. The van der Waals surface area contributed by atoms with Crippen molar-refractivity contribution in [2.24, 2.45) is 0 Å². The van der Waals surface area contributed by atoms with Gasteiger partial charge in [-0.15, -0.1) is 0 Å². The van der Waals surface area contributed by atoms with Crippen LogP contribution in [-0.2, 0) is 16.6 Å². The van der Waals surface area contributed by atoms with E-state index in [0.29, 0.717) is 42.5 Å². The minimum Gasteiger partial charge on any atom is -0.481 e. The van der Waals surface area contributed by atoms with E-state index in [2.05, 4.69) is 28.6 Å². The van der Waals surface area contributed by atoms with Crippen molar-refractivity contribution >= 4 is 40.8 Å². The molecule has 0 unspecified atom stereocenters. The quantitative estimate of drug-likeness (QED) is 0.492. The van der Waals surface area contributed by atoms with Crippen molar-refractivity contribution in [1.29, 1.82) is 0 Å². The molecule has 0 spiro atoms. The Bertz CT molecular complexity index is 1440. The third-order valence-corrected chi connectivity index (χ3v) is 7.93. The molecule has 2 aromatic heterocycles. The lowest BCUT2D eigenvalue weighted by Gasteiger charge is -2.47. The predicted molar refractivity (Wildman–Crippen MR) is 151 cm³/mol. The second kappa shape index (κ2) is 9.79. The van der Waals surface area contributed by atoms with Gasteiger partial charge in [-0.1, -0.05) is 37.6 Å². The number of halogens is 1. The Labute approximate surface area is 233 Å². The molecule has 0 bridgehead atoms. The number of piperazine rings is 1. The van der Waals surface area contributed by atoms with Crippen LogP contribution in [0.15, 0.2) is 42.7 Å². The van der Waals surface area contributed by atoms with E-state index in [4.69, 9.17) is 26.7 Å². The van der Waals surface area contributed by atoms with E-state index in [1.54, 1.807) is 18.5 Å². The molecule has 5 rings (SSSR count). The van der Waals surface area contributed by atoms with Gasteiger partial charge in [-0.2, -0.15) is 0 Å². The zero-order valence-electron chi connectivity index (χ0n) is 22.9. The minimum absolute atomic E-state index is 0.0593. The number of hydrogen-bond acceptors (Lipinski definition) is 7. The van der Waals surface area contributed by atoms with Gasteiger partial charge < -0.3 is 19.8 Å². The van der Waals surface area contributed by atoms with Crippen LogP contribution in [0.4, 0.5) is 17.3 Å². The maximum Gasteiger partial charge on any atom is 0.307 e. The molecule has 2 aliphatic rings. The fourth-order valence-corrected chi connectivity index (χ4v) is 5.57. The standard InChI is InChI=1S/C29H33ClN6O3/c1-18-6-8-20(13-21(18)30)35-16-28(2,3)25-26(35)32-15-22(33-25)27(39)36-11-10-34(17-29(36,4)5)23-9-7-19(14-31-23)12-24(37)38/h6-9,13-15H,10-12,16-17H2,1-5H3,(H,37,38). The van der Waals surface area contributed by atoms with Crippen molar-refractivity contribution in [3.05, 3.63) is 70.3 Å². The summed E-state index contributed by atoms with van der Waals surface area (Å²) in [6.07, 6.45) is 3.12. The van der Waals surface area contributed by atoms with Gasteiger partial charge in [0.05, 0.1) is 23.9 Å². The molecule has 0 saturated carbocycles. The van der Waals surface area contributed by atoms with E-state index in [1.807, 2.05) is 49.9 Å². The molecule has 3 aromatic rings. The summed E-state index contributed by atoms with van der Waals surface area (Å²) in [6, 6.07) is 9.60. The van der Waals surface area contributed by atoms with Gasteiger partial charge in [0.15, 0.2) is 5.82 Å². The van der Waals surface area contributed by atoms with Crippen LogP contribution in [-0.4, -0.2) is 68.6 Å². The second-order valence-corrected chi connectivity index (χ2v) is 12.0. The number of rotatable bonds is 5. The Hall–Kier alpha value is -3.72. The molecule has 1 fully saturated rings. The first-order valence-electron chi connectivity index (χ1n) is 13.0. The lowest BCUT2D eigenvalue weighted by molar-refractivity contribution is -0.136. The monoisotopic (exact) mass is 548 g/mol. The second-order valence-electron chi connectivity index (χ2n) is 11.6. The summed E-state index contributed by atoms with van der Waals surface area (Å²) in [5, 5.41) is 9.70. The number of fused-ring (bicyclic) bond motifs is 1. The summed E-state index contributed by atoms with van der Waals surface area (Å²) in [7, 11) is 0. The zero-order chi connectivity index (χ0) is 28.1. The van der Waals surface area contributed by atoms with Crippen LogP contribution in [0.25, 0.3) is 0 Å². The van der Waals surface area contributed by atoms with Crippen molar-refractivity contribution in [3.63, 3.8) is 0 Å². The molecule has 1 amide bonds. The highest BCUT2D eigenvalue weighted by atomic mass is 35.5. The molecule has 1 N–H and O–H groups in total. The summed E-state index contributed by atoms with van der Waals surface area (Å²) < 4.78 is 0. The van der Waals surface area contributed by atoms with Gasteiger partial charge in [0.2, 0.25) is 0 Å². The van der Waals surface area contributed by atoms with Crippen LogP contribution in [0.2, 0.25) is 5.02 Å². The van der Waals surface area contributed by atoms with E-state index in [1.165, 1.54) is 0 Å². The minimum atomic E-state index is -0.886. The average Bonchev–Trinajstić information content (AvgIpc) is 3.15. The highest BCUT2D eigenvalue weighted by Crippen LogP contribution is 2.42. The van der Waals surface area contributed by atoms with Crippen molar-refractivity contribution in [3.8, 4) is 0 Å².